The summed E-state index contributed by atoms with van der Waals surface area (Å²) in [5.74, 6) is 1.64. The lowest BCUT2D eigenvalue weighted by molar-refractivity contribution is -0.864. The Hall–Kier alpha value is -4.44. The zero-order chi connectivity index (χ0) is 29.1. The number of fused-ring (bicyclic) bond motifs is 1. The molecule has 214 valence electrons. The molecule has 2 aromatic heterocycles. The Morgan fingerprint density at radius 2 is 1.68 bits per heavy atom. The van der Waals surface area contributed by atoms with Gasteiger partial charge in [-0.05, 0) is 68.2 Å². The molecule has 0 radical (unpaired) electrons. The van der Waals surface area contributed by atoms with Crippen molar-refractivity contribution in [2.45, 2.75) is 37.8 Å². The van der Waals surface area contributed by atoms with Crippen LogP contribution in [0.3, 0.4) is 0 Å². The first-order valence-corrected chi connectivity index (χ1v) is 13.9. The number of nitrogens with two attached hydrogens (primary N) is 1. The summed E-state index contributed by atoms with van der Waals surface area (Å²) in [7, 11) is 8.13. The molecular formula is C31H38N7O3+. The predicted molar refractivity (Wildman–Crippen MR) is 160 cm³/mol. The van der Waals surface area contributed by atoms with E-state index in [2.05, 4.69) is 31.1 Å². The normalized spacial score (nSPS) is 17.7. The first-order valence-electron chi connectivity index (χ1n) is 13.9. The molecule has 1 fully saturated rings. The number of hydrogen-bond acceptors (Lipinski definition) is 6. The van der Waals surface area contributed by atoms with Crippen molar-refractivity contribution in [3.63, 3.8) is 0 Å². The number of carbonyl (C=O) groups excluding carboxylic acids is 1. The molecule has 1 amide bonds. The average molecular weight is 557 g/mol. The molecule has 0 bridgehead atoms. The van der Waals surface area contributed by atoms with Gasteiger partial charge in [0.2, 0.25) is 5.91 Å². The Morgan fingerprint density at radius 1 is 1.02 bits per heavy atom. The molecule has 2 N–H and O–H groups in total. The lowest BCUT2D eigenvalue weighted by atomic mass is 9.90. The number of quaternary nitrogens is 1. The van der Waals surface area contributed by atoms with Crippen molar-refractivity contribution in [2.24, 2.45) is 0 Å². The quantitative estimate of drug-likeness (QED) is 0.258. The second kappa shape index (κ2) is 11.6. The Morgan fingerprint density at radius 3 is 2.34 bits per heavy atom. The van der Waals surface area contributed by atoms with Crippen molar-refractivity contribution in [2.75, 3.05) is 40.5 Å². The van der Waals surface area contributed by atoms with Crippen molar-refractivity contribution in [1.29, 1.82) is 0 Å². The van der Waals surface area contributed by atoms with Gasteiger partial charge in [-0.25, -0.2) is 14.8 Å². The molecule has 0 atom stereocenters. The number of aromatic nitrogens is 4. The van der Waals surface area contributed by atoms with Crippen molar-refractivity contribution < 1.29 is 14.0 Å². The summed E-state index contributed by atoms with van der Waals surface area (Å²) >= 11 is 0. The van der Waals surface area contributed by atoms with E-state index in [1.165, 1.54) is 6.33 Å². The molecule has 41 heavy (non-hydrogen) atoms. The Kier molecular flexibility index (Phi) is 7.94. The van der Waals surface area contributed by atoms with Crippen LogP contribution < -0.4 is 16.2 Å². The molecule has 10 heteroatoms. The number of carbonyl (C=O) groups is 1. The molecule has 5 rings (SSSR count). The van der Waals surface area contributed by atoms with E-state index >= 15 is 0 Å². The standard InChI is InChI=1S/C31H38N7O3/c1-35(27(39)11-8-20-38(2,3)4)22-12-14-24(15-13-22)37-30-28(29(32)33-21-34-30)36(31(37)40)23-16-18-26(19-17-23)41-25-9-6-5-7-10-25/h5-11,16-19,21-22,24H,12-15,20H2,1-4H3,(H2,32,33,34)/q+1/b11-8+/t22-,24+. The highest BCUT2D eigenvalue weighted by atomic mass is 16.5. The van der Waals surface area contributed by atoms with Gasteiger partial charge in [0.1, 0.15) is 23.3 Å². The summed E-state index contributed by atoms with van der Waals surface area (Å²) < 4.78 is 10.0. The third-order valence-corrected chi connectivity index (χ3v) is 7.59. The van der Waals surface area contributed by atoms with Gasteiger partial charge >= 0.3 is 5.69 Å². The fourth-order valence-corrected chi connectivity index (χ4v) is 5.39. The number of ether oxygens (including phenoxy) is 1. The van der Waals surface area contributed by atoms with Crippen LogP contribution in [-0.4, -0.2) is 75.2 Å². The summed E-state index contributed by atoms with van der Waals surface area (Å²) in [6.45, 7) is 0.785. The number of imidazole rings is 1. The molecule has 0 aliphatic heterocycles. The van der Waals surface area contributed by atoms with E-state index in [0.717, 1.165) is 42.5 Å². The molecular weight excluding hydrogens is 518 g/mol. The maximum atomic E-state index is 13.9. The Bertz CT molecular complexity index is 1590. The smallest absolute Gasteiger partial charge is 0.335 e. The average Bonchev–Trinajstić information content (AvgIpc) is 3.26. The zero-order valence-electron chi connectivity index (χ0n) is 24.1. The molecule has 1 aliphatic rings. The van der Waals surface area contributed by atoms with Crippen molar-refractivity contribution >= 4 is 22.9 Å². The van der Waals surface area contributed by atoms with Gasteiger partial charge in [-0.15, -0.1) is 0 Å². The van der Waals surface area contributed by atoms with Gasteiger partial charge in [0, 0.05) is 25.2 Å². The molecule has 1 saturated carbocycles. The fourth-order valence-electron chi connectivity index (χ4n) is 5.39. The highest BCUT2D eigenvalue weighted by Crippen LogP contribution is 2.33. The van der Waals surface area contributed by atoms with Crippen molar-refractivity contribution in [1.82, 2.24) is 24.0 Å². The van der Waals surface area contributed by atoms with Crippen molar-refractivity contribution in [3.05, 3.63) is 83.6 Å². The fraction of sp³-hybridized carbons (Fsp3) is 0.355. The Labute approximate surface area is 239 Å². The molecule has 0 saturated heterocycles. The number of anilines is 1. The number of nitrogens with zero attached hydrogens (tertiary/aromatic N) is 6. The van der Waals surface area contributed by atoms with Crippen LogP contribution in [0, 0.1) is 0 Å². The molecule has 2 aromatic carbocycles. The zero-order valence-corrected chi connectivity index (χ0v) is 24.1. The number of para-hydroxylation sites is 1. The molecule has 2 heterocycles. The predicted octanol–water partition coefficient (Wildman–Crippen LogP) is 4.16. The summed E-state index contributed by atoms with van der Waals surface area (Å²) in [6.07, 6.45) is 8.08. The summed E-state index contributed by atoms with van der Waals surface area (Å²) in [4.78, 5) is 37.2. The molecule has 0 spiro atoms. The van der Waals surface area contributed by atoms with Crippen LogP contribution in [0.4, 0.5) is 5.82 Å². The highest BCUT2D eigenvalue weighted by Gasteiger charge is 2.30. The lowest BCUT2D eigenvalue weighted by Gasteiger charge is -2.34. The molecule has 4 aromatic rings. The van der Waals surface area contributed by atoms with E-state index in [4.69, 9.17) is 10.5 Å². The number of amides is 1. The van der Waals surface area contributed by atoms with Crippen LogP contribution in [0.1, 0.15) is 31.7 Å². The topological polar surface area (TPSA) is 108 Å². The van der Waals surface area contributed by atoms with E-state index in [1.807, 2.05) is 72.6 Å². The van der Waals surface area contributed by atoms with E-state index in [-0.39, 0.29) is 29.5 Å². The van der Waals surface area contributed by atoms with Gasteiger partial charge in [0.15, 0.2) is 11.5 Å². The van der Waals surface area contributed by atoms with Gasteiger partial charge in [-0.2, -0.15) is 0 Å². The minimum atomic E-state index is -0.208. The number of rotatable bonds is 8. The SMILES string of the molecule is CN(C(=O)/C=C/C[N+](C)(C)C)[C@H]1CC[C@@H](n2c(=O)n(-c3ccc(Oc4ccccc4)cc3)c3c(N)ncnc32)CC1. The number of nitrogen functional groups attached to an aromatic ring is 1. The summed E-state index contributed by atoms with van der Waals surface area (Å²) in [5, 5.41) is 0. The van der Waals surface area contributed by atoms with Crippen LogP contribution in [0.25, 0.3) is 16.9 Å². The third-order valence-electron chi connectivity index (χ3n) is 7.59. The second-order valence-electron chi connectivity index (χ2n) is 11.6. The maximum Gasteiger partial charge on any atom is 0.335 e. The van der Waals surface area contributed by atoms with Gasteiger partial charge in [0.05, 0.1) is 33.4 Å². The van der Waals surface area contributed by atoms with Gasteiger partial charge in [-0.1, -0.05) is 18.2 Å². The lowest BCUT2D eigenvalue weighted by Crippen LogP contribution is -2.40. The van der Waals surface area contributed by atoms with Crippen LogP contribution in [0.5, 0.6) is 11.5 Å². The maximum absolute atomic E-state index is 13.9. The number of benzene rings is 2. The van der Waals surface area contributed by atoms with Crippen LogP contribution in [0.15, 0.2) is 77.9 Å². The minimum absolute atomic E-state index is 0.0101. The Balaban J connectivity index is 1.36. The monoisotopic (exact) mass is 556 g/mol. The highest BCUT2D eigenvalue weighted by molar-refractivity contribution is 5.87. The van der Waals surface area contributed by atoms with Crippen molar-refractivity contribution in [3.8, 4) is 17.2 Å². The summed E-state index contributed by atoms with van der Waals surface area (Å²) in [6, 6.07) is 16.9. The van der Waals surface area contributed by atoms with Gasteiger partial charge in [-0.3, -0.25) is 13.9 Å². The van der Waals surface area contributed by atoms with E-state index in [0.29, 0.717) is 22.6 Å². The first kappa shape index (κ1) is 28.1. The van der Waals surface area contributed by atoms with E-state index < -0.39 is 0 Å². The van der Waals surface area contributed by atoms with Crippen LogP contribution >= 0.6 is 0 Å². The number of hydrogen-bond donors (Lipinski definition) is 1. The third kappa shape index (κ3) is 6.17. The molecule has 1 aliphatic carbocycles. The van der Waals surface area contributed by atoms with E-state index in [9.17, 15) is 9.59 Å². The first-order chi connectivity index (χ1) is 19.6. The number of likely N-dealkylation sites (N-methyl/N-ethyl adjacent to an activating group) is 2. The summed E-state index contributed by atoms with van der Waals surface area (Å²) in [5.41, 5.74) is 7.75. The largest absolute Gasteiger partial charge is 0.457 e. The van der Waals surface area contributed by atoms with Gasteiger partial charge < -0.3 is 19.9 Å². The van der Waals surface area contributed by atoms with Crippen LogP contribution in [-0.2, 0) is 4.79 Å². The minimum Gasteiger partial charge on any atom is -0.457 e. The van der Waals surface area contributed by atoms with Gasteiger partial charge in [0.25, 0.3) is 0 Å². The van der Waals surface area contributed by atoms with E-state index in [1.54, 1.807) is 15.2 Å². The molecule has 0 unspecified atom stereocenters. The second-order valence-corrected chi connectivity index (χ2v) is 11.6. The van der Waals surface area contributed by atoms with Crippen LogP contribution in [0.2, 0.25) is 0 Å². The molecule has 10 nitrogen and oxygen atoms in total.